The lowest BCUT2D eigenvalue weighted by atomic mass is 10.0. The molecule has 1 aliphatic rings. The van der Waals surface area contributed by atoms with Gasteiger partial charge in [-0.2, -0.15) is 11.8 Å². The Morgan fingerprint density at radius 2 is 2.15 bits per heavy atom. The molecule has 1 unspecified atom stereocenters. The molecule has 106 valence electrons. The first-order valence-electron chi connectivity index (χ1n) is 6.51. The van der Waals surface area contributed by atoms with Crippen molar-refractivity contribution in [2.45, 2.75) is 18.2 Å². The van der Waals surface area contributed by atoms with Gasteiger partial charge >= 0.3 is 0 Å². The van der Waals surface area contributed by atoms with Crippen LogP contribution in [0.15, 0.2) is 24.3 Å². The fourth-order valence-electron chi connectivity index (χ4n) is 2.51. The molecule has 0 fully saturated rings. The second-order valence-electron chi connectivity index (χ2n) is 4.76. The molecule has 1 N–H and O–H groups in total. The Hall–Kier alpha value is -0.190. The summed E-state index contributed by atoms with van der Waals surface area (Å²) in [4.78, 5) is 2.85. The molecule has 1 atom stereocenters. The van der Waals surface area contributed by atoms with E-state index in [0.29, 0.717) is 10.0 Å². The molecule has 0 aliphatic carbocycles. The van der Waals surface area contributed by atoms with Crippen molar-refractivity contribution in [3.8, 4) is 0 Å². The van der Waals surface area contributed by atoms with Crippen LogP contribution >= 0.6 is 46.3 Å². The molecular formula is C15H15Cl2NS2. The van der Waals surface area contributed by atoms with Gasteiger partial charge in [-0.05, 0) is 42.5 Å². The van der Waals surface area contributed by atoms with E-state index in [4.69, 9.17) is 23.2 Å². The molecule has 1 aliphatic heterocycles. The predicted octanol–water partition coefficient (Wildman–Crippen LogP) is 5.15. The zero-order valence-corrected chi connectivity index (χ0v) is 14.2. The van der Waals surface area contributed by atoms with Crippen molar-refractivity contribution in [3.63, 3.8) is 0 Å². The maximum absolute atomic E-state index is 6.37. The lowest BCUT2D eigenvalue weighted by Gasteiger charge is -2.17. The predicted molar refractivity (Wildman–Crippen MR) is 91.5 cm³/mol. The van der Waals surface area contributed by atoms with Crippen LogP contribution in [0.3, 0.4) is 0 Å². The van der Waals surface area contributed by atoms with Gasteiger partial charge in [0.05, 0.1) is 16.1 Å². The largest absolute Gasteiger partial charge is 0.309 e. The summed E-state index contributed by atoms with van der Waals surface area (Å²) < 4.78 is 0. The highest BCUT2D eigenvalue weighted by atomic mass is 35.5. The highest BCUT2D eigenvalue weighted by Gasteiger charge is 2.22. The number of hydrogen-bond donors (Lipinski definition) is 1. The Kier molecular flexibility index (Phi) is 4.63. The fourth-order valence-corrected chi connectivity index (χ4v) is 5.43. The quantitative estimate of drug-likeness (QED) is 0.826. The molecule has 20 heavy (non-hydrogen) atoms. The number of halogens is 2. The van der Waals surface area contributed by atoms with Crippen molar-refractivity contribution in [1.29, 1.82) is 0 Å². The third-order valence-electron chi connectivity index (χ3n) is 3.51. The summed E-state index contributed by atoms with van der Waals surface area (Å²) in [5.41, 5.74) is 2.53. The molecule has 0 bridgehead atoms. The van der Waals surface area contributed by atoms with E-state index >= 15 is 0 Å². The molecule has 1 aromatic heterocycles. The number of thiophene rings is 1. The van der Waals surface area contributed by atoms with Gasteiger partial charge in [-0.3, -0.25) is 0 Å². The van der Waals surface area contributed by atoms with E-state index in [9.17, 15) is 0 Å². The van der Waals surface area contributed by atoms with E-state index in [1.54, 1.807) is 0 Å². The van der Waals surface area contributed by atoms with Gasteiger partial charge in [0.15, 0.2) is 0 Å². The minimum atomic E-state index is 0.113. The summed E-state index contributed by atoms with van der Waals surface area (Å²) >= 11 is 16.4. The van der Waals surface area contributed by atoms with Crippen molar-refractivity contribution in [2.75, 3.05) is 12.8 Å². The van der Waals surface area contributed by atoms with Gasteiger partial charge in [0, 0.05) is 15.5 Å². The van der Waals surface area contributed by atoms with Crippen molar-refractivity contribution in [3.05, 3.63) is 55.2 Å². The number of hydrogen-bond acceptors (Lipinski definition) is 3. The van der Waals surface area contributed by atoms with Crippen molar-refractivity contribution in [2.24, 2.45) is 0 Å². The van der Waals surface area contributed by atoms with Gasteiger partial charge in [0.2, 0.25) is 0 Å². The van der Waals surface area contributed by atoms with Crippen LogP contribution in [0.5, 0.6) is 0 Å². The third-order valence-corrected chi connectivity index (χ3v) is 6.66. The maximum atomic E-state index is 6.37. The Labute approximate surface area is 137 Å². The normalized spacial score (nSPS) is 15.9. The van der Waals surface area contributed by atoms with Gasteiger partial charge in [-0.15, -0.1) is 11.3 Å². The van der Waals surface area contributed by atoms with E-state index < -0.39 is 0 Å². The number of thioether (sulfide) groups is 1. The summed E-state index contributed by atoms with van der Waals surface area (Å²) in [6.07, 6.45) is 1.18. The summed E-state index contributed by atoms with van der Waals surface area (Å²) in [5, 5.41) is 4.63. The Morgan fingerprint density at radius 3 is 2.90 bits per heavy atom. The standard InChI is InChI=1S/C15H15Cl2NS2/c1-18-15(10-3-2-4-11(16)14(10)17)13-7-9-8-19-6-5-12(9)20-13/h2-4,7,15,18H,5-6,8H2,1H3. The van der Waals surface area contributed by atoms with Crippen LogP contribution in [0, 0.1) is 0 Å². The lowest BCUT2D eigenvalue weighted by molar-refractivity contribution is 0.704. The minimum absolute atomic E-state index is 0.113. The van der Waals surface area contributed by atoms with Crippen molar-refractivity contribution >= 4 is 46.3 Å². The average Bonchev–Trinajstić information content (AvgIpc) is 2.87. The van der Waals surface area contributed by atoms with E-state index in [-0.39, 0.29) is 6.04 Å². The first-order valence-corrected chi connectivity index (χ1v) is 9.24. The summed E-state index contributed by atoms with van der Waals surface area (Å²) in [6.45, 7) is 0. The fraction of sp³-hybridized carbons (Fsp3) is 0.333. The monoisotopic (exact) mass is 343 g/mol. The van der Waals surface area contributed by atoms with Gasteiger partial charge in [-0.1, -0.05) is 35.3 Å². The smallest absolute Gasteiger partial charge is 0.0683 e. The average molecular weight is 344 g/mol. The summed E-state index contributed by atoms with van der Waals surface area (Å²) in [6, 6.07) is 8.27. The maximum Gasteiger partial charge on any atom is 0.0683 e. The molecule has 2 aromatic rings. The number of benzene rings is 1. The zero-order valence-electron chi connectivity index (χ0n) is 11.1. The molecule has 5 heteroatoms. The Bertz CT molecular complexity index is 601. The molecule has 0 spiro atoms. The first kappa shape index (κ1) is 14.7. The number of rotatable bonds is 3. The van der Waals surface area contributed by atoms with Gasteiger partial charge in [0.1, 0.15) is 0 Å². The molecule has 2 heterocycles. The van der Waals surface area contributed by atoms with Crippen LogP contribution in [0.4, 0.5) is 0 Å². The molecular weight excluding hydrogens is 329 g/mol. The Balaban J connectivity index is 2.01. The zero-order chi connectivity index (χ0) is 14.1. The molecule has 0 saturated carbocycles. The Morgan fingerprint density at radius 1 is 1.30 bits per heavy atom. The first-order chi connectivity index (χ1) is 9.70. The second kappa shape index (κ2) is 6.29. The van der Waals surface area contributed by atoms with Gasteiger partial charge in [0.25, 0.3) is 0 Å². The van der Waals surface area contributed by atoms with Crippen molar-refractivity contribution < 1.29 is 0 Å². The topological polar surface area (TPSA) is 12.0 Å². The molecule has 1 nitrogen and oxygen atoms in total. The third kappa shape index (κ3) is 2.75. The minimum Gasteiger partial charge on any atom is -0.309 e. The molecule has 3 rings (SSSR count). The van der Waals surface area contributed by atoms with E-state index in [2.05, 4.69) is 11.4 Å². The van der Waals surface area contributed by atoms with Gasteiger partial charge < -0.3 is 5.32 Å². The highest BCUT2D eigenvalue weighted by molar-refractivity contribution is 7.98. The SMILES string of the molecule is CNC(c1cc2c(s1)CCSC2)c1cccc(Cl)c1Cl. The summed E-state index contributed by atoms with van der Waals surface area (Å²) in [7, 11) is 1.97. The van der Waals surface area contributed by atoms with Crippen LogP contribution in [0.2, 0.25) is 10.0 Å². The number of fused-ring (bicyclic) bond motifs is 1. The molecule has 0 radical (unpaired) electrons. The van der Waals surface area contributed by atoms with Crippen LogP contribution < -0.4 is 5.32 Å². The van der Waals surface area contributed by atoms with Gasteiger partial charge in [-0.25, -0.2) is 0 Å². The number of nitrogens with one attached hydrogen (secondary N) is 1. The summed E-state index contributed by atoms with van der Waals surface area (Å²) in [5.74, 6) is 2.36. The number of aryl methyl sites for hydroxylation is 1. The van der Waals surface area contributed by atoms with E-state index in [1.807, 2.05) is 48.3 Å². The van der Waals surface area contributed by atoms with Crippen LogP contribution in [0.1, 0.15) is 26.9 Å². The van der Waals surface area contributed by atoms with Crippen molar-refractivity contribution in [1.82, 2.24) is 5.32 Å². The lowest BCUT2D eigenvalue weighted by Crippen LogP contribution is -2.17. The van der Waals surface area contributed by atoms with Crippen LogP contribution in [0.25, 0.3) is 0 Å². The van der Waals surface area contributed by atoms with E-state index in [0.717, 1.165) is 11.3 Å². The second-order valence-corrected chi connectivity index (χ2v) is 7.82. The highest BCUT2D eigenvalue weighted by Crippen LogP contribution is 2.39. The van der Waals surface area contributed by atoms with E-state index in [1.165, 1.54) is 27.5 Å². The molecule has 0 amide bonds. The molecule has 1 aromatic carbocycles. The van der Waals surface area contributed by atoms with Crippen LogP contribution in [-0.4, -0.2) is 12.8 Å². The van der Waals surface area contributed by atoms with Crippen LogP contribution in [-0.2, 0) is 12.2 Å². The molecule has 0 saturated heterocycles.